The number of hydrogen-bond acceptors (Lipinski definition) is 7. The lowest BCUT2D eigenvalue weighted by atomic mass is 9.84. The SMILES string of the molecule is COC(=O)Oc1[nH]c(C)c(C)c1OCC(O)CN1CCC(O)(c2ccc(Cl)cc2)CC1. The summed E-state index contributed by atoms with van der Waals surface area (Å²) in [5, 5.41) is 22.1. The van der Waals surface area contributed by atoms with Gasteiger partial charge in [-0.25, -0.2) is 4.79 Å². The van der Waals surface area contributed by atoms with E-state index in [2.05, 4.69) is 14.6 Å². The van der Waals surface area contributed by atoms with E-state index < -0.39 is 17.9 Å². The highest BCUT2D eigenvalue weighted by Crippen LogP contribution is 2.34. The molecule has 0 amide bonds. The van der Waals surface area contributed by atoms with Gasteiger partial charge in [-0.2, -0.15) is 0 Å². The second-order valence-corrected chi connectivity index (χ2v) is 8.33. The molecule has 1 saturated heterocycles. The minimum Gasteiger partial charge on any atom is -0.485 e. The molecule has 3 rings (SSSR count). The Balaban J connectivity index is 1.52. The van der Waals surface area contributed by atoms with Gasteiger partial charge in [0.05, 0.1) is 12.7 Å². The Morgan fingerprint density at radius 3 is 2.52 bits per heavy atom. The number of H-pyrrole nitrogens is 1. The number of ether oxygens (including phenoxy) is 3. The van der Waals surface area contributed by atoms with E-state index >= 15 is 0 Å². The number of aromatic amines is 1. The maximum absolute atomic E-state index is 11.4. The standard InChI is InChI=1S/C22H29ClN2O6/c1-14-15(2)24-20(31-21(27)29-3)19(14)30-13-18(26)12-25-10-8-22(28,9-11-25)16-4-6-17(23)7-5-16/h4-7,18,24,26,28H,8-13H2,1-3H3. The molecule has 1 aromatic carbocycles. The average Bonchev–Trinajstić information content (AvgIpc) is 3.01. The highest BCUT2D eigenvalue weighted by molar-refractivity contribution is 6.30. The Labute approximate surface area is 186 Å². The van der Waals surface area contributed by atoms with Crippen molar-refractivity contribution >= 4 is 17.8 Å². The van der Waals surface area contributed by atoms with E-state index in [9.17, 15) is 15.0 Å². The molecule has 1 aliphatic rings. The van der Waals surface area contributed by atoms with Gasteiger partial charge in [-0.1, -0.05) is 23.7 Å². The smallest absolute Gasteiger partial charge is 0.485 e. The number of hydrogen-bond donors (Lipinski definition) is 3. The number of likely N-dealkylation sites (tertiary alicyclic amines) is 1. The minimum absolute atomic E-state index is 0.0353. The van der Waals surface area contributed by atoms with Gasteiger partial charge in [-0.05, 0) is 44.4 Å². The Bertz CT molecular complexity index is 890. The van der Waals surface area contributed by atoms with E-state index in [1.54, 1.807) is 12.1 Å². The van der Waals surface area contributed by atoms with Gasteiger partial charge in [-0.3, -0.25) is 0 Å². The van der Waals surface area contributed by atoms with Crippen molar-refractivity contribution in [2.45, 2.75) is 38.4 Å². The zero-order valence-electron chi connectivity index (χ0n) is 18.0. The van der Waals surface area contributed by atoms with Crippen LogP contribution in [0.4, 0.5) is 4.79 Å². The monoisotopic (exact) mass is 452 g/mol. The number of carbonyl (C=O) groups is 1. The molecule has 1 aliphatic heterocycles. The number of methoxy groups -OCH3 is 1. The number of nitrogens with one attached hydrogen (secondary N) is 1. The number of β-amino-alcohol motifs (C(OH)–C–C–N with tert-alkyl or cyclic N) is 1. The van der Waals surface area contributed by atoms with Crippen LogP contribution in [0, 0.1) is 13.8 Å². The number of aliphatic hydroxyl groups excluding tert-OH is 1. The molecule has 1 aromatic heterocycles. The number of aliphatic hydroxyl groups is 2. The minimum atomic E-state index is -0.886. The van der Waals surface area contributed by atoms with Crippen molar-refractivity contribution in [2.75, 3.05) is 33.4 Å². The Kier molecular flexibility index (Phi) is 7.48. The van der Waals surface area contributed by atoms with Gasteiger partial charge in [0, 0.05) is 35.9 Å². The molecule has 1 fully saturated rings. The topological polar surface area (TPSA) is 104 Å². The van der Waals surface area contributed by atoms with Crippen LogP contribution in [0.2, 0.25) is 5.02 Å². The molecule has 170 valence electrons. The molecule has 2 heterocycles. The number of nitrogens with zero attached hydrogens (tertiary/aromatic N) is 1. The Hall–Kier alpha value is -2.26. The lowest BCUT2D eigenvalue weighted by molar-refractivity contribution is -0.0373. The molecular formula is C22H29ClN2O6. The van der Waals surface area contributed by atoms with Gasteiger partial charge in [-0.15, -0.1) is 0 Å². The predicted molar refractivity (Wildman–Crippen MR) is 116 cm³/mol. The number of piperidine rings is 1. The number of benzene rings is 1. The predicted octanol–water partition coefficient (Wildman–Crippen LogP) is 3.15. The van der Waals surface area contributed by atoms with Crippen molar-refractivity contribution in [3.05, 3.63) is 46.1 Å². The van der Waals surface area contributed by atoms with Crippen molar-refractivity contribution in [3.8, 4) is 11.6 Å². The third-order valence-electron chi connectivity index (χ3n) is 5.72. The van der Waals surface area contributed by atoms with Crippen molar-refractivity contribution in [2.24, 2.45) is 0 Å². The maximum Gasteiger partial charge on any atom is 0.514 e. The van der Waals surface area contributed by atoms with Crippen LogP contribution in [-0.4, -0.2) is 65.7 Å². The van der Waals surface area contributed by atoms with E-state index in [0.29, 0.717) is 43.2 Å². The molecule has 8 nitrogen and oxygen atoms in total. The molecule has 0 saturated carbocycles. The van der Waals surface area contributed by atoms with Gasteiger partial charge >= 0.3 is 6.16 Å². The molecule has 1 atom stereocenters. The van der Waals surface area contributed by atoms with Crippen molar-refractivity contribution in [3.63, 3.8) is 0 Å². The van der Waals surface area contributed by atoms with Crippen molar-refractivity contribution < 1.29 is 29.2 Å². The fourth-order valence-corrected chi connectivity index (χ4v) is 3.84. The molecule has 3 N–H and O–H groups in total. The largest absolute Gasteiger partial charge is 0.514 e. The van der Waals surface area contributed by atoms with Crippen LogP contribution in [-0.2, 0) is 10.3 Å². The molecule has 0 bridgehead atoms. The first-order valence-electron chi connectivity index (χ1n) is 10.2. The quantitative estimate of drug-likeness (QED) is 0.554. The summed E-state index contributed by atoms with van der Waals surface area (Å²) in [5.41, 5.74) is 1.55. The van der Waals surface area contributed by atoms with Crippen LogP contribution in [0.3, 0.4) is 0 Å². The zero-order chi connectivity index (χ0) is 22.6. The highest BCUT2D eigenvalue weighted by Gasteiger charge is 2.34. The van der Waals surface area contributed by atoms with Crippen LogP contribution in [0.5, 0.6) is 11.6 Å². The summed E-state index contributed by atoms with van der Waals surface area (Å²) in [6.45, 7) is 5.41. The normalized spacial score (nSPS) is 17.2. The molecule has 31 heavy (non-hydrogen) atoms. The molecular weight excluding hydrogens is 424 g/mol. The van der Waals surface area contributed by atoms with Crippen LogP contribution in [0.15, 0.2) is 24.3 Å². The highest BCUT2D eigenvalue weighted by atomic mass is 35.5. The first-order chi connectivity index (χ1) is 14.7. The molecule has 9 heteroatoms. The summed E-state index contributed by atoms with van der Waals surface area (Å²) >= 11 is 5.94. The van der Waals surface area contributed by atoms with Crippen LogP contribution in [0.1, 0.15) is 29.7 Å². The third-order valence-corrected chi connectivity index (χ3v) is 5.97. The van der Waals surface area contributed by atoms with Crippen LogP contribution >= 0.6 is 11.6 Å². The van der Waals surface area contributed by atoms with Crippen molar-refractivity contribution in [1.82, 2.24) is 9.88 Å². The van der Waals surface area contributed by atoms with E-state index in [4.69, 9.17) is 21.1 Å². The second-order valence-electron chi connectivity index (χ2n) is 7.89. The van der Waals surface area contributed by atoms with Gasteiger partial charge < -0.3 is 34.3 Å². The maximum atomic E-state index is 11.4. The molecule has 1 unspecified atom stereocenters. The first kappa shape index (κ1) is 23.4. The fraction of sp³-hybridized carbons (Fsp3) is 0.500. The molecule has 0 radical (unpaired) electrons. The van der Waals surface area contributed by atoms with E-state index in [1.165, 1.54) is 7.11 Å². The van der Waals surface area contributed by atoms with Crippen LogP contribution in [0.25, 0.3) is 0 Å². The molecule has 2 aromatic rings. The molecule has 0 aliphatic carbocycles. The first-order valence-corrected chi connectivity index (χ1v) is 10.6. The van der Waals surface area contributed by atoms with E-state index in [1.807, 2.05) is 26.0 Å². The lowest BCUT2D eigenvalue weighted by Crippen LogP contribution is -2.46. The van der Waals surface area contributed by atoms with Gasteiger partial charge in [0.2, 0.25) is 5.88 Å². The summed E-state index contributed by atoms with van der Waals surface area (Å²) in [4.78, 5) is 16.5. The summed E-state index contributed by atoms with van der Waals surface area (Å²) in [6.07, 6.45) is -0.472. The number of rotatable bonds is 7. The van der Waals surface area contributed by atoms with E-state index in [-0.39, 0.29) is 12.5 Å². The summed E-state index contributed by atoms with van der Waals surface area (Å²) < 4.78 is 15.4. The summed E-state index contributed by atoms with van der Waals surface area (Å²) in [6, 6.07) is 7.28. The number of carbonyl (C=O) groups excluding carboxylic acids is 1. The number of aryl methyl sites for hydroxylation is 1. The zero-order valence-corrected chi connectivity index (χ0v) is 18.7. The van der Waals surface area contributed by atoms with Gasteiger partial charge in [0.25, 0.3) is 0 Å². The summed E-state index contributed by atoms with van der Waals surface area (Å²) in [7, 11) is 1.22. The number of aromatic nitrogens is 1. The Morgan fingerprint density at radius 2 is 1.90 bits per heavy atom. The number of halogens is 1. The van der Waals surface area contributed by atoms with Crippen LogP contribution < -0.4 is 9.47 Å². The molecule has 0 spiro atoms. The fourth-order valence-electron chi connectivity index (χ4n) is 3.72. The van der Waals surface area contributed by atoms with E-state index in [0.717, 1.165) is 16.8 Å². The lowest BCUT2D eigenvalue weighted by Gasteiger charge is -2.39. The summed E-state index contributed by atoms with van der Waals surface area (Å²) in [5.74, 6) is 0.526. The third kappa shape index (κ3) is 5.71. The average molecular weight is 453 g/mol. The van der Waals surface area contributed by atoms with Gasteiger partial charge in [0.15, 0.2) is 5.75 Å². The van der Waals surface area contributed by atoms with Crippen molar-refractivity contribution in [1.29, 1.82) is 0 Å². The second kappa shape index (κ2) is 9.91. The Morgan fingerprint density at radius 1 is 1.26 bits per heavy atom. The van der Waals surface area contributed by atoms with Gasteiger partial charge in [0.1, 0.15) is 12.7 Å².